The van der Waals surface area contributed by atoms with Crippen molar-refractivity contribution in [3.8, 4) is 6.07 Å². The molecule has 10 nitrogen and oxygen atoms in total. The van der Waals surface area contributed by atoms with Crippen molar-refractivity contribution in [3.05, 3.63) is 18.1 Å². The molecule has 0 bridgehead atoms. The molecule has 1 aliphatic heterocycles. The van der Waals surface area contributed by atoms with E-state index in [0.717, 1.165) is 10.9 Å². The number of nitriles is 1. The maximum absolute atomic E-state index is 10.6. The van der Waals surface area contributed by atoms with Crippen LogP contribution in [0.2, 0.25) is 0 Å². The fraction of sp³-hybridized carbons (Fsp3) is 0.417. The van der Waals surface area contributed by atoms with Crippen LogP contribution in [-0.4, -0.2) is 59.9 Å². The summed E-state index contributed by atoms with van der Waals surface area (Å²) in [5.74, 6) is -2.38. The van der Waals surface area contributed by atoms with E-state index in [1.54, 1.807) is 0 Å². The minimum absolute atomic E-state index is 0.0237. The molecule has 22 heavy (non-hydrogen) atoms. The highest BCUT2D eigenvalue weighted by Gasteiger charge is 2.55. The van der Waals surface area contributed by atoms with Crippen LogP contribution in [0.3, 0.4) is 0 Å². The Morgan fingerprint density at radius 3 is 2.77 bits per heavy atom. The zero-order valence-corrected chi connectivity index (χ0v) is 11.2. The first-order chi connectivity index (χ1) is 10.4. The molecule has 0 unspecified atom stereocenters. The van der Waals surface area contributed by atoms with Gasteiger partial charge in [0.1, 0.15) is 30.4 Å². The standard InChI is InChI=1S/C12H13N5O5/c13-1-5-2-17(11-7(5)10(14)15-4-16-11)12(21)9(20)8(19)6(3-18)22-12/h2,4,6,8-9,18-21H,3H2,(H2,14,15,16)/t6-,8-,9-,12+/m1/s1. The second kappa shape index (κ2) is 4.87. The lowest BCUT2D eigenvalue weighted by Crippen LogP contribution is -2.45. The Balaban J connectivity index is 2.23. The maximum atomic E-state index is 10.6. The number of nitrogens with two attached hydrogens (primary N) is 1. The maximum Gasteiger partial charge on any atom is 0.284 e. The van der Waals surface area contributed by atoms with Gasteiger partial charge in [0.05, 0.1) is 17.6 Å². The number of nitrogens with zero attached hydrogens (tertiary/aromatic N) is 4. The zero-order valence-electron chi connectivity index (χ0n) is 11.2. The van der Waals surface area contributed by atoms with Crippen LogP contribution in [0, 0.1) is 11.3 Å². The molecule has 4 atom stereocenters. The average Bonchev–Trinajstić information content (AvgIpc) is 3.00. The number of hydrogen-bond donors (Lipinski definition) is 5. The van der Waals surface area contributed by atoms with Crippen LogP contribution in [0.5, 0.6) is 0 Å². The smallest absolute Gasteiger partial charge is 0.284 e. The molecule has 3 heterocycles. The Morgan fingerprint density at radius 2 is 2.18 bits per heavy atom. The van der Waals surface area contributed by atoms with E-state index in [1.165, 1.54) is 6.20 Å². The van der Waals surface area contributed by atoms with E-state index in [2.05, 4.69) is 9.97 Å². The Hall–Kier alpha value is -2.29. The highest BCUT2D eigenvalue weighted by molar-refractivity contribution is 5.92. The second-order valence-corrected chi connectivity index (χ2v) is 4.92. The molecule has 1 saturated heterocycles. The number of aliphatic hydroxyl groups excluding tert-OH is 3. The lowest BCUT2D eigenvalue weighted by Gasteiger charge is -2.27. The number of fused-ring (bicyclic) bond motifs is 1. The van der Waals surface area contributed by atoms with E-state index in [4.69, 9.17) is 20.8 Å². The van der Waals surface area contributed by atoms with Gasteiger partial charge in [-0.05, 0) is 0 Å². The fourth-order valence-corrected chi connectivity index (χ4v) is 2.55. The van der Waals surface area contributed by atoms with Crippen LogP contribution in [0.1, 0.15) is 5.56 Å². The second-order valence-electron chi connectivity index (χ2n) is 4.92. The molecule has 1 fully saturated rings. The van der Waals surface area contributed by atoms with Crippen molar-refractivity contribution in [1.29, 1.82) is 5.26 Å². The monoisotopic (exact) mass is 307 g/mol. The highest BCUT2D eigenvalue weighted by atomic mass is 16.7. The van der Waals surface area contributed by atoms with Crippen LogP contribution < -0.4 is 5.73 Å². The minimum atomic E-state index is -2.40. The summed E-state index contributed by atoms with van der Waals surface area (Å²) in [5, 5.41) is 49.0. The predicted octanol–water partition coefficient (Wildman–Crippen LogP) is -2.40. The summed E-state index contributed by atoms with van der Waals surface area (Å²) in [5.41, 5.74) is 5.83. The summed E-state index contributed by atoms with van der Waals surface area (Å²) in [6.45, 7) is -0.609. The third kappa shape index (κ3) is 1.78. The Labute approximate surface area is 123 Å². The molecule has 0 saturated carbocycles. The molecule has 116 valence electrons. The number of rotatable bonds is 2. The topological polar surface area (TPSA) is 171 Å². The summed E-state index contributed by atoms with van der Waals surface area (Å²) in [7, 11) is 0. The van der Waals surface area contributed by atoms with Gasteiger partial charge >= 0.3 is 0 Å². The largest absolute Gasteiger partial charge is 0.394 e. The van der Waals surface area contributed by atoms with Crippen molar-refractivity contribution in [2.24, 2.45) is 0 Å². The Bertz CT molecular complexity index is 771. The van der Waals surface area contributed by atoms with Gasteiger partial charge in [-0.25, -0.2) is 9.97 Å². The van der Waals surface area contributed by atoms with Crippen molar-refractivity contribution in [3.63, 3.8) is 0 Å². The van der Waals surface area contributed by atoms with Gasteiger partial charge in [-0.15, -0.1) is 0 Å². The first-order valence-corrected chi connectivity index (χ1v) is 6.33. The van der Waals surface area contributed by atoms with Gasteiger partial charge in [0.25, 0.3) is 5.91 Å². The predicted molar refractivity (Wildman–Crippen MR) is 70.8 cm³/mol. The van der Waals surface area contributed by atoms with Crippen molar-refractivity contribution in [2.45, 2.75) is 24.2 Å². The van der Waals surface area contributed by atoms with Gasteiger partial charge in [-0.1, -0.05) is 0 Å². The van der Waals surface area contributed by atoms with E-state index in [-0.39, 0.29) is 22.4 Å². The fourth-order valence-electron chi connectivity index (χ4n) is 2.55. The first-order valence-electron chi connectivity index (χ1n) is 6.33. The molecule has 2 aromatic rings. The number of hydrogen-bond acceptors (Lipinski definition) is 9. The van der Waals surface area contributed by atoms with Crippen molar-refractivity contribution in [2.75, 3.05) is 12.3 Å². The van der Waals surface area contributed by atoms with Crippen molar-refractivity contribution >= 4 is 16.9 Å². The van der Waals surface area contributed by atoms with Gasteiger partial charge in [0.15, 0.2) is 11.8 Å². The van der Waals surface area contributed by atoms with Gasteiger partial charge in [0, 0.05) is 6.20 Å². The molecule has 2 aromatic heterocycles. The molecule has 0 aliphatic carbocycles. The highest BCUT2D eigenvalue weighted by Crippen LogP contribution is 2.37. The third-order valence-electron chi connectivity index (χ3n) is 3.67. The van der Waals surface area contributed by atoms with Crippen LogP contribution in [-0.2, 0) is 10.6 Å². The molecule has 0 spiro atoms. The van der Waals surface area contributed by atoms with Gasteiger partial charge in [-0.2, -0.15) is 5.26 Å². The molecule has 6 N–H and O–H groups in total. The van der Waals surface area contributed by atoms with Gasteiger partial charge in [-0.3, -0.25) is 4.57 Å². The van der Waals surface area contributed by atoms with Crippen LogP contribution in [0.4, 0.5) is 5.82 Å². The summed E-state index contributed by atoms with van der Waals surface area (Å²) in [6.07, 6.45) is -2.16. The summed E-state index contributed by atoms with van der Waals surface area (Å²) < 4.78 is 6.16. The van der Waals surface area contributed by atoms with Crippen LogP contribution >= 0.6 is 0 Å². The Kier molecular flexibility index (Phi) is 3.24. The number of anilines is 1. The molecule has 0 radical (unpaired) electrons. The van der Waals surface area contributed by atoms with E-state index in [1.807, 2.05) is 6.07 Å². The number of ether oxygens (including phenoxy) is 1. The van der Waals surface area contributed by atoms with E-state index in [9.17, 15) is 15.3 Å². The lowest BCUT2D eigenvalue weighted by molar-refractivity contribution is -0.286. The zero-order chi connectivity index (χ0) is 16.1. The molecule has 0 aromatic carbocycles. The lowest BCUT2D eigenvalue weighted by atomic mass is 10.1. The van der Waals surface area contributed by atoms with Crippen LogP contribution in [0.25, 0.3) is 11.0 Å². The quantitative estimate of drug-likeness (QED) is 0.405. The van der Waals surface area contributed by atoms with Crippen molar-refractivity contribution < 1.29 is 25.2 Å². The van der Waals surface area contributed by atoms with E-state index >= 15 is 0 Å². The first kappa shape index (κ1) is 14.6. The SMILES string of the molecule is N#Cc1cn([C@@]2(O)O[C@H](CO)[C@@H](O)[C@H]2O)c2ncnc(N)c12. The summed E-state index contributed by atoms with van der Waals surface area (Å²) >= 11 is 0. The molecule has 3 rings (SSSR count). The normalized spacial score (nSPS) is 31.5. The summed E-state index contributed by atoms with van der Waals surface area (Å²) in [6, 6.07) is 1.88. The van der Waals surface area contributed by atoms with E-state index < -0.39 is 30.8 Å². The molecule has 0 amide bonds. The van der Waals surface area contributed by atoms with Crippen molar-refractivity contribution in [1.82, 2.24) is 14.5 Å². The van der Waals surface area contributed by atoms with Gasteiger partial charge in [0.2, 0.25) is 0 Å². The van der Waals surface area contributed by atoms with Crippen LogP contribution in [0.15, 0.2) is 12.5 Å². The number of aromatic nitrogens is 3. The summed E-state index contributed by atoms with van der Waals surface area (Å²) in [4.78, 5) is 7.71. The Morgan fingerprint density at radius 1 is 1.45 bits per heavy atom. The molecule has 1 aliphatic rings. The van der Waals surface area contributed by atoms with Gasteiger partial charge < -0.3 is 30.9 Å². The number of nitrogen functional groups attached to an aromatic ring is 1. The average molecular weight is 307 g/mol. The molecular weight excluding hydrogens is 294 g/mol. The molecular formula is C12H13N5O5. The third-order valence-corrected chi connectivity index (χ3v) is 3.67. The van der Waals surface area contributed by atoms with E-state index in [0.29, 0.717) is 0 Å². The minimum Gasteiger partial charge on any atom is -0.394 e. The molecule has 10 heteroatoms. The number of aliphatic hydroxyl groups is 4.